The molecule has 0 spiro atoms. The maximum Gasteiger partial charge on any atom is 0.264 e. The Bertz CT molecular complexity index is 916. The van der Waals surface area contributed by atoms with Crippen LogP contribution < -0.4 is 19.5 Å². The summed E-state index contributed by atoms with van der Waals surface area (Å²) in [5.41, 5.74) is 5.47. The van der Waals surface area contributed by atoms with Crippen molar-refractivity contribution in [3.63, 3.8) is 0 Å². The lowest BCUT2D eigenvalue weighted by molar-refractivity contribution is -0.116. The number of amides is 1. The average molecular weight is 383 g/mol. The molecule has 25 heavy (non-hydrogen) atoms. The highest BCUT2D eigenvalue weighted by Gasteiger charge is 2.28. The van der Waals surface area contributed by atoms with Gasteiger partial charge >= 0.3 is 0 Å². The van der Waals surface area contributed by atoms with Gasteiger partial charge in [-0.05, 0) is 30.3 Å². The van der Waals surface area contributed by atoms with Gasteiger partial charge < -0.3 is 15.2 Å². The molecule has 0 atom stereocenters. The molecule has 2 aromatic rings. The molecule has 1 heterocycles. The molecule has 9 heteroatoms. The second-order valence-corrected chi connectivity index (χ2v) is 7.56. The third kappa shape index (κ3) is 3.64. The van der Waals surface area contributed by atoms with Crippen LogP contribution in [0.2, 0.25) is 5.02 Å². The molecule has 7 nitrogen and oxygen atoms in total. The van der Waals surface area contributed by atoms with E-state index in [0.717, 1.165) is 4.31 Å². The summed E-state index contributed by atoms with van der Waals surface area (Å²) < 4.78 is 37.8. The number of nitrogens with two attached hydrogens (primary N) is 1. The standard InChI is InChI=1S/C16H15ClN2O5S/c17-11-2-1-3-12(8-11)19(10-16(18)20)25(21,22)13-4-5-14-15(9-13)24-7-6-23-14/h1-5,8-9H,6-7,10H2,(H2,18,20). The fraction of sp³-hybridized carbons (Fsp3) is 0.188. The number of primary amides is 1. The lowest BCUT2D eigenvalue weighted by Crippen LogP contribution is -2.38. The summed E-state index contributed by atoms with van der Waals surface area (Å²) in [7, 11) is -4.06. The minimum absolute atomic E-state index is 0.0435. The topological polar surface area (TPSA) is 98.9 Å². The molecule has 3 rings (SSSR count). The Morgan fingerprint density at radius 2 is 1.84 bits per heavy atom. The van der Waals surface area contributed by atoms with Crippen LogP contribution in [0.1, 0.15) is 0 Å². The lowest BCUT2D eigenvalue weighted by Gasteiger charge is -2.24. The highest BCUT2D eigenvalue weighted by Crippen LogP contribution is 2.34. The largest absolute Gasteiger partial charge is 0.486 e. The highest BCUT2D eigenvalue weighted by atomic mass is 35.5. The minimum atomic E-state index is -4.06. The van der Waals surface area contributed by atoms with E-state index in [-0.39, 0.29) is 10.6 Å². The smallest absolute Gasteiger partial charge is 0.264 e. The van der Waals surface area contributed by atoms with E-state index >= 15 is 0 Å². The number of carbonyl (C=O) groups is 1. The molecular formula is C16H15ClN2O5S. The molecule has 0 radical (unpaired) electrons. The zero-order chi connectivity index (χ0) is 18.0. The Morgan fingerprint density at radius 3 is 2.52 bits per heavy atom. The number of hydrogen-bond acceptors (Lipinski definition) is 5. The molecule has 1 aliphatic rings. The molecule has 0 fully saturated rings. The molecule has 132 valence electrons. The van der Waals surface area contributed by atoms with Crippen LogP contribution in [-0.2, 0) is 14.8 Å². The van der Waals surface area contributed by atoms with Crippen molar-refractivity contribution in [1.29, 1.82) is 0 Å². The first-order valence-electron chi connectivity index (χ1n) is 7.34. The fourth-order valence-electron chi connectivity index (χ4n) is 2.40. The molecule has 1 amide bonds. The van der Waals surface area contributed by atoms with Crippen molar-refractivity contribution < 1.29 is 22.7 Å². The molecule has 0 saturated heterocycles. The van der Waals surface area contributed by atoms with E-state index in [9.17, 15) is 13.2 Å². The fourth-order valence-corrected chi connectivity index (χ4v) is 4.02. The second-order valence-electron chi connectivity index (χ2n) is 5.26. The summed E-state index contributed by atoms with van der Waals surface area (Å²) >= 11 is 5.94. The predicted octanol–water partition coefficient (Wildman–Crippen LogP) is 1.79. The Hall–Kier alpha value is -2.45. The Labute approximate surface area is 149 Å². The van der Waals surface area contributed by atoms with Crippen molar-refractivity contribution in [2.75, 3.05) is 24.1 Å². The van der Waals surface area contributed by atoms with Crippen LogP contribution in [0.5, 0.6) is 11.5 Å². The maximum atomic E-state index is 13.0. The van der Waals surface area contributed by atoms with Crippen LogP contribution in [0.15, 0.2) is 47.4 Å². The molecule has 2 N–H and O–H groups in total. The van der Waals surface area contributed by atoms with Gasteiger partial charge in [-0.1, -0.05) is 17.7 Å². The summed E-state index contributed by atoms with van der Waals surface area (Å²) in [5, 5.41) is 0.337. The van der Waals surface area contributed by atoms with Gasteiger partial charge in [0, 0.05) is 11.1 Å². The van der Waals surface area contributed by atoms with Crippen molar-refractivity contribution in [1.82, 2.24) is 0 Å². The van der Waals surface area contributed by atoms with E-state index in [1.165, 1.54) is 30.3 Å². The number of sulfonamides is 1. The van der Waals surface area contributed by atoms with Gasteiger partial charge in [0.25, 0.3) is 10.0 Å². The first kappa shape index (κ1) is 17.4. The summed E-state index contributed by atoms with van der Waals surface area (Å²) in [6, 6.07) is 10.4. The number of anilines is 1. The van der Waals surface area contributed by atoms with Crippen LogP contribution in [-0.4, -0.2) is 34.1 Å². The van der Waals surface area contributed by atoms with Crippen molar-refractivity contribution in [3.05, 3.63) is 47.5 Å². The highest BCUT2D eigenvalue weighted by molar-refractivity contribution is 7.92. The van der Waals surface area contributed by atoms with Crippen molar-refractivity contribution in [3.8, 4) is 11.5 Å². The van der Waals surface area contributed by atoms with Gasteiger partial charge in [0.15, 0.2) is 11.5 Å². The average Bonchev–Trinajstić information content (AvgIpc) is 2.59. The zero-order valence-electron chi connectivity index (χ0n) is 13.0. The van der Waals surface area contributed by atoms with Crippen molar-refractivity contribution in [2.24, 2.45) is 5.73 Å². The SMILES string of the molecule is NC(=O)CN(c1cccc(Cl)c1)S(=O)(=O)c1ccc2c(c1)OCCO2. The zero-order valence-corrected chi connectivity index (χ0v) is 14.6. The van der Waals surface area contributed by atoms with E-state index in [2.05, 4.69) is 0 Å². The van der Waals surface area contributed by atoms with Gasteiger partial charge in [-0.3, -0.25) is 9.10 Å². The number of ether oxygens (including phenoxy) is 2. The summed E-state index contributed by atoms with van der Waals surface area (Å²) in [5.74, 6) is 0.00736. The van der Waals surface area contributed by atoms with Gasteiger partial charge in [-0.15, -0.1) is 0 Å². The van der Waals surface area contributed by atoms with Gasteiger partial charge in [-0.25, -0.2) is 8.42 Å². The number of fused-ring (bicyclic) bond motifs is 1. The van der Waals surface area contributed by atoms with E-state index in [0.29, 0.717) is 29.7 Å². The summed E-state index contributed by atoms with van der Waals surface area (Å²) in [6.45, 7) is 0.211. The van der Waals surface area contributed by atoms with Gasteiger partial charge in [0.05, 0.1) is 10.6 Å². The molecule has 0 saturated carbocycles. The van der Waals surface area contributed by atoms with Crippen molar-refractivity contribution in [2.45, 2.75) is 4.90 Å². The van der Waals surface area contributed by atoms with Gasteiger partial charge in [-0.2, -0.15) is 0 Å². The first-order chi connectivity index (χ1) is 11.9. The number of benzene rings is 2. The van der Waals surface area contributed by atoms with Gasteiger partial charge in [0.1, 0.15) is 19.8 Å². The van der Waals surface area contributed by atoms with Crippen LogP contribution in [0.25, 0.3) is 0 Å². The number of halogens is 1. The Balaban J connectivity index is 2.06. The molecule has 0 aromatic heterocycles. The van der Waals surface area contributed by atoms with Gasteiger partial charge in [0.2, 0.25) is 5.91 Å². The Morgan fingerprint density at radius 1 is 1.12 bits per heavy atom. The third-order valence-corrected chi connectivity index (χ3v) is 5.50. The number of hydrogen-bond donors (Lipinski definition) is 1. The van der Waals surface area contributed by atoms with Crippen LogP contribution in [0, 0.1) is 0 Å². The van der Waals surface area contributed by atoms with E-state index < -0.39 is 22.5 Å². The maximum absolute atomic E-state index is 13.0. The first-order valence-corrected chi connectivity index (χ1v) is 9.16. The van der Waals surface area contributed by atoms with Crippen LogP contribution in [0.4, 0.5) is 5.69 Å². The van der Waals surface area contributed by atoms with E-state index in [1.54, 1.807) is 12.1 Å². The number of carbonyl (C=O) groups excluding carboxylic acids is 1. The molecule has 2 aromatic carbocycles. The third-order valence-electron chi connectivity index (χ3n) is 3.50. The van der Waals surface area contributed by atoms with E-state index in [1.807, 2.05) is 0 Å². The molecule has 1 aliphatic heterocycles. The van der Waals surface area contributed by atoms with E-state index in [4.69, 9.17) is 26.8 Å². The minimum Gasteiger partial charge on any atom is -0.486 e. The summed E-state index contributed by atoms with van der Waals surface area (Å²) in [4.78, 5) is 11.4. The molecule has 0 aliphatic carbocycles. The number of rotatable bonds is 5. The van der Waals surface area contributed by atoms with Crippen LogP contribution >= 0.6 is 11.6 Å². The summed E-state index contributed by atoms with van der Waals surface area (Å²) in [6.07, 6.45) is 0. The van der Waals surface area contributed by atoms with Crippen molar-refractivity contribution >= 4 is 33.2 Å². The van der Waals surface area contributed by atoms with Crippen LogP contribution in [0.3, 0.4) is 0 Å². The predicted molar refractivity (Wildman–Crippen MR) is 92.6 cm³/mol. The quantitative estimate of drug-likeness (QED) is 0.849. The lowest BCUT2D eigenvalue weighted by atomic mass is 10.3. The monoisotopic (exact) mass is 382 g/mol. The molecule has 0 unspecified atom stereocenters. The second kappa shape index (κ2) is 6.81. The molecular weight excluding hydrogens is 368 g/mol. The Kier molecular flexibility index (Phi) is 4.73. The normalized spacial score (nSPS) is 13.3. The number of nitrogens with zero attached hydrogens (tertiary/aromatic N) is 1. The molecule has 0 bridgehead atoms.